The van der Waals surface area contributed by atoms with E-state index in [9.17, 15) is 4.79 Å². The molecule has 0 fully saturated rings. The highest BCUT2D eigenvalue weighted by Gasteiger charge is 2.18. The van der Waals surface area contributed by atoms with Crippen LogP contribution in [0.1, 0.15) is 0 Å². The number of hydrogen-bond acceptors (Lipinski definition) is 2. The second-order valence-corrected chi connectivity index (χ2v) is 6.47. The molecule has 0 radical (unpaired) electrons. The van der Waals surface area contributed by atoms with Gasteiger partial charge in [-0.05, 0) is 10.6 Å². The maximum Gasteiger partial charge on any atom is 0.215 e. The number of thiol groups is 2. The van der Waals surface area contributed by atoms with Crippen LogP contribution in [0.25, 0.3) is 0 Å². The van der Waals surface area contributed by atoms with Crippen LogP contribution in [0.5, 0.6) is 0 Å². The fourth-order valence-electron chi connectivity index (χ4n) is 1.52. The van der Waals surface area contributed by atoms with E-state index in [-0.39, 0.29) is 4.86 Å². The molecule has 2 aromatic carbocycles. The monoisotopic (exact) mass is 308 g/mol. The Morgan fingerprint density at radius 2 is 1.21 bits per heavy atom. The van der Waals surface area contributed by atoms with E-state index in [1.165, 1.54) is 0 Å². The minimum Gasteiger partial charge on any atom is -0.291 e. The Balaban J connectivity index is 0.000000550. The summed E-state index contributed by atoms with van der Waals surface area (Å²) < 4.78 is 0. The second kappa shape index (κ2) is 8.92. The molecule has 0 N–H and O–H groups in total. The van der Waals surface area contributed by atoms with Crippen molar-refractivity contribution in [2.75, 3.05) is 0 Å². The topological polar surface area (TPSA) is 34.1 Å². The van der Waals surface area contributed by atoms with Crippen LogP contribution in [-0.2, 0) is 4.79 Å². The minimum absolute atomic E-state index is 0.0626. The van der Waals surface area contributed by atoms with Crippen molar-refractivity contribution in [1.82, 2.24) is 0 Å². The Hall–Kier alpha value is -1.09. The standard InChI is InChI=1S/C13H11OPS.CH2OS/c14-13(16)15(11-7-3-1-4-8-11)12-9-5-2-6-10-12;2-1-3/h1-10H,(H,14,16);1H,(H,2,3). The molecule has 0 aliphatic heterocycles. The molecule has 0 amide bonds. The maximum absolute atomic E-state index is 11.6. The van der Waals surface area contributed by atoms with Gasteiger partial charge in [-0.3, -0.25) is 9.59 Å². The van der Waals surface area contributed by atoms with E-state index >= 15 is 0 Å². The lowest BCUT2D eigenvalue weighted by Crippen LogP contribution is -2.14. The highest BCUT2D eigenvalue weighted by atomic mass is 32.1. The van der Waals surface area contributed by atoms with Crippen LogP contribution in [0.15, 0.2) is 60.7 Å². The van der Waals surface area contributed by atoms with E-state index in [1.807, 2.05) is 60.7 Å². The summed E-state index contributed by atoms with van der Waals surface area (Å²) in [6.45, 7) is 0. The first-order valence-corrected chi connectivity index (χ1v) is 7.72. The molecule has 2 rings (SSSR count). The van der Waals surface area contributed by atoms with E-state index in [1.54, 1.807) is 0 Å². The minimum atomic E-state index is -0.985. The van der Waals surface area contributed by atoms with Crippen molar-refractivity contribution in [1.29, 1.82) is 0 Å². The van der Waals surface area contributed by atoms with Gasteiger partial charge in [0.2, 0.25) is 4.86 Å². The van der Waals surface area contributed by atoms with E-state index < -0.39 is 7.92 Å². The zero-order valence-corrected chi connectivity index (χ0v) is 12.7. The van der Waals surface area contributed by atoms with Gasteiger partial charge >= 0.3 is 0 Å². The van der Waals surface area contributed by atoms with Gasteiger partial charge in [0, 0.05) is 7.92 Å². The quantitative estimate of drug-likeness (QED) is 0.518. The van der Waals surface area contributed by atoms with Crippen molar-refractivity contribution < 1.29 is 9.59 Å². The van der Waals surface area contributed by atoms with Crippen molar-refractivity contribution in [2.45, 2.75) is 0 Å². The summed E-state index contributed by atoms with van der Waals surface area (Å²) in [4.78, 5) is 20.2. The predicted molar refractivity (Wildman–Crippen MR) is 89.2 cm³/mol. The van der Waals surface area contributed by atoms with Crippen LogP contribution in [0.4, 0.5) is 4.79 Å². The normalized spacial score (nSPS) is 9.42. The molecular weight excluding hydrogens is 295 g/mol. The summed E-state index contributed by atoms with van der Waals surface area (Å²) in [5, 5.41) is 2.09. The van der Waals surface area contributed by atoms with Crippen LogP contribution in [0, 0.1) is 0 Å². The Bertz CT molecular complexity index is 478. The molecule has 0 aliphatic carbocycles. The number of rotatable bonds is 3. The molecule has 0 atom stereocenters. The molecule has 98 valence electrons. The number of carbonyl (C=O) groups excluding carboxylic acids is 2. The molecule has 0 bridgehead atoms. The first-order chi connectivity index (χ1) is 9.20. The first kappa shape index (κ1) is 16.0. The molecule has 19 heavy (non-hydrogen) atoms. The molecule has 2 nitrogen and oxygen atoms in total. The fourth-order valence-corrected chi connectivity index (χ4v) is 3.90. The van der Waals surface area contributed by atoms with Crippen molar-refractivity contribution in [3.8, 4) is 0 Å². The van der Waals surface area contributed by atoms with Crippen LogP contribution in [-0.4, -0.2) is 10.5 Å². The number of benzene rings is 2. The van der Waals surface area contributed by atoms with E-state index in [0.29, 0.717) is 5.62 Å². The molecule has 0 aliphatic rings. The molecule has 2 aromatic rings. The van der Waals surface area contributed by atoms with Gasteiger partial charge in [0.1, 0.15) is 0 Å². The Labute approximate surface area is 124 Å². The van der Waals surface area contributed by atoms with Crippen molar-refractivity contribution in [3.05, 3.63) is 60.7 Å². The van der Waals surface area contributed by atoms with Gasteiger partial charge in [-0.1, -0.05) is 60.7 Å². The van der Waals surface area contributed by atoms with Crippen LogP contribution >= 0.6 is 33.2 Å². The van der Waals surface area contributed by atoms with Crippen LogP contribution in [0.2, 0.25) is 0 Å². The van der Waals surface area contributed by atoms with E-state index in [2.05, 4.69) is 25.3 Å². The van der Waals surface area contributed by atoms with Crippen molar-refractivity contribution in [2.24, 2.45) is 0 Å². The summed E-state index contributed by atoms with van der Waals surface area (Å²) in [7, 11) is -0.985. The third-order valence-electron chi connectivity index (χ3n) is 2.22. The lowest BCUT2D eigenvalue weighted by molar-refractivity contribution is 0.276. The molecular formula is C14H13O2PS2. The molecule has 0 heterocycles. The average Bonchev–Trinajstić information content (AvgIpc) is 2.42. The molecule has 0 saturated carbocycles. The van der Waals surface area contributed by atoms with Crippen molar-refractivity contribution >= 4 is 54.3 Å². The van der Waals surface area contributed by atoms with Gasteiger partial charge in [-0.25, -0.2) is 0 Å². The third-order valence-corrected chi connectivity index (χ3v) is 4.83. The van der Waals surface area contributed by atoms with E-state index in [0.717, 1.165) is 10.6 Å². The molecule has 5 heteroatoms. The Morgan fingerprint density at radius 1 is 0.895 bits per heavy atom. The summed E-state index contributed by atoms with van der Waals surface area (Å²) >= 11 is 7.11. The van der Waals surface area contributed by atoms with Gasteiger partial charge in [0.25, 0.3) is 0 Å². The largest absolute Gasteiger partial charge is 0.291 e. The highest BCUT2D eigenvalue weighted by molar-refractivity contribution is 8.17. The van der Waals surface area contributed by atoms with Crippen molar-refractivity contribution in [3.63, 3.8) is 0 Å². The van der Waals surface area contributed by atoms with Crippen LogP contribution < -0.4 is 10.6 Å². The van der Waals surface area contributed by atoms with E-state index in [4.69, 9.17) is 4.79 Å². The molecule has 0 unspecified atom stereocenters. The molecule has 0 spiro atoms. The number of hydrogen-bond donors (Lipinski definition) is 2. The maximum atomic E-state index is 11.6. The predicted octanol–water partition coefficient (Wildman–Crippen LogP) is 3.28. The summed E-state index contributed by atoms with van der Waals surface area (Å²) in [5.41, 5.74) is 0.444. The number of carbonyl (C=O) groups is 2. The lowest BCUT2D eigenvalue weighted by Gasteiger charge is -2.13. The zero-order chi connectivity index (χ0) is 14.1. The van der Waals surface area contributed by atoms with Gasteiger partial charge in [0.05, 0.1) is 0 Å². The van der Waals surface area contributed by atoms with Gasteiger partial charge in [0.15, 0.2) is 5.62 Å². The average molecular weight is 308 g/mol. The lowest BCUT2D eigenvalue weighted by atomic mass is 10.4. The summed E-state index contributed by atoms with van der Waals surface area (Å²) in [6, 6.07) is 19.6. The molecule has 0 saturated heterocycles. The SMILES string of the molecule is O=C(S)P(c1ccccc1)c1ccccc1.O=CS. The van der Waals surface area contributed by atoms with Gasteiger partial charge < -0.3 is 0 Å². The Morgan fingerprint density at radius 3 is 1.47 bits per heavy atom. The smallest absolute Gasteiger partial charge is 0.215 e. The second-order valence-electron chi connectivity index (χ2n) is 3.39. The first-order valence-electron chi connectivity index (χ1n) is 5.41. The third kappa shape index (κ3) is 5.19. The molecule has 0 aromatic heterocycles. The van der Waals surface area contributed by atoms with Gasteiger partial charge in [-0.2, -0.15) is 0 Å². The summed E-state index contributed by atoms with van der Waals surface area (Å²) in [5.74, 6) is 0. The highest BCUT2D eigenvalue weighted by Crippen LogP contribution is 2.36. The van der Waals surface area contributed by atoms with Crippen LogP contribution in [0.3, 0.4) is 0 Å². The summed E-state index contributed by atoms with van der Waals surface area (Å²) in [6.07, 6.45) is 0. The zero-order valence-electron chi connectivity index (χ0n) is 10.0. The fraction of sp³-hybridized carbons (Fsp3) is 0. The Kier molecular flexibility index (Phi) is 7.49. The van der Waals surface area contributed by atoms with Gasteiger partial charge in [-0.15, -0.1) is 25.3 Å².